The van der Waals surface area contributed by atoms with Gasteiger partial charge in [0, 0.05) is 5.56 Å². The van der Waals surface area contributed by atoms with Gasteiger partial charge in [0.1, 0.15) is 11.6 Å². The second kappa shape index (κ2) is 4.71. The summed E-state index contributed by atoms with van der Waals surface area (Å²) < 4.78 is 26.6. The summed E-state index contributed by atoms with van der Waals surface area (Å²) in [5.74, 6) is -0.971. The van der Waals surface area contributed by atoms with Crippen molar-refractivity contribution in [2.75, 3.05) is 0 Å². The largest absolute Gasteiger partial charge is 0.253 e. The normalized spacial score (nSPS) is 9.94. The summed E-state index contributed by atoms with van der Waals surface area (Å²) in [5.41, 5.74) is 0.974. The summed E-state index contributed by atoms with van der Waals surface area (Å²) in [6, 6.07) is 9.20. The van der Waals surface area contributed by atoms with E-state index in [-0.39, 0.29) is 12.0 Å². The Morgan fingerprint density at radius 1 is 1.24 bits per heavy atom. The smallest absolute Gasteiger partial charge is 0.141 e. The highest BCUT2D eigenvalue weighted by molar-refractivity contribution is 5.64. The number of pyridine rings is 1. The van der Waals surface area contributed by atoms with Crippen molar-refractivity contribution in [1.82, 2.24) is 4.98 Å². The Bertz CT molecular complexity index is 588. The lowest BCUT2D eigenvalue weighted by atomic mass is 10.0. The van der Waals surface area contributed by atoms with Crippen molar-refractivity contribution in [3.63, 3.8) is 0 Å². The maximum Gasteiger partial charge on any atom is 0.141 e. The minimum atomic E-state index is -0.532. The predicted octanol–water partition coefficient (Wildman–Crippen LogP) is 3.09. The van der Waals surface area contributed by atoms with Gasteiger partial charge in [0.2, 0.25) is 0 Å². The molecule has 1 aromatic heterocycles. The van der Waals surface area contributed by atoms with Crippen molar-refractivity contribution in [2.45, 2.75) is 6.42 Å². The molecule has 0 aliphatic rings. The summed E-state index contributed by atoms with van der Waals surface area (Å²) in [7, 11) is 0. The van der Waals surface area contributed by atoms with Gasteiger partial charge < -0.3 is 0 Å². The van der Waals surface area contributed by atoms with Crippen LogP contribution in [0.15, 0.2) is 36.5 Å². The number of hydrogen-bond donors (Lipinski definition) is 0. The highest BCUT2D eigenvalue weighted by atomic mass is 19.1. The van der Waals surface area contributed by atoms with Crippen LogP contribution in [0.25, 0.3) is 11.3 Å². The Hall–Kier alpha value is -2.28. The third kappa shape index (κ3) is 2.28. The van der Waals surface area contributed by atoms with Gasteiger partial charge in [-0.3, -0.25) is 4.98 Å². The molecule has 2 nitrogen and oxygen atoms in total. The van der Waals surface area contributed by atoms with Gasteiger partial charge in [0.25, 0.3) is 0 Å². The highest BCUT2D eigenvalue weighted by Gasteiger charge is 2.11. The van der Waals surface area contributed by atoms with E-state index >= 15 is 0 Å². The van der Waals surface area contributed by atoms with Gasteiger partial charge in [-0.25, -0.2) is 8.78 Å². The van der Waals surface area contributed by atoms with Gasteiger partial charge in [-0.05, 0) is 23.8 Å². The fraction of sp³-hybridized carbons (Fsp3) is 0.0769. The van der Waals surface area contributed by atoms with Crippen LogP contribution >= 0.6 is 0 Å². The summed E-state index contributed by atoms with van der Waals surface area (Å²) in [6.07, 6.45) is 1.01. The summed E-state index contributed by atoms with van der Waals surface area (Å²) in [4.78, 5) is 3.86. The molecule has 0 spiro atoms. The van der Waals surface area contributed by atoms with E-state index < -0.39 is 11.6 Å². The van der Waals surface area contributed by atoms with E-state index in [0.717, 1.165) is 6.20 Å². The van der Waals surface area contributed by atoms with Crippen molar-refractivity contribution < 1.29 is 8.78 Å². The Labute approximate surface area is 97.2 Å². The van der Waals surface area contributed by atoms with E-state index in [4.69, 9.17) is 5.26 Å². The van der Waals surface area contributed by atoms with Gasteiger partial charge in [-0.15, -0.1) is 0 Å². The molecule has 0 saturated heterocycles. The van der Waals surface area contributed by atoms with Crippen LogP contribution in [0.1, 0.15) is 5.56 Å². The molecule has 0 bridgehead atoms. The van der Waals surface area contributed by atoms with E-state index in [1.54, 1.807) is 18.2 Å². The van der Waals surface area contributed by atoms with Crippen LogP contribution < -0.4 is 0 Å². The average molecular weight is 230 g/mol. The van der Waals surface area contributed by atoms with Crippen molar-refractivity contribution in [1.29, 1.82) is 5.26 Å². The summed E-state index contributed by atoms with van der Waals surface area (Å²) in [6.45, 7) is 0. The number of benzene rings is 1. The summed E-state index contributed by atoms with van der Waals surface area (Å²) >= 11 is 0. The molecule has 0 aliphatic heterocycles. The lowest BCUT2D eigenvalue weighted by Crippen LogP contribution is -1.96. The Balaban J connectivity index is 2.60. The third-order valence-electron chi connectivity index (χ3n) is 2.33. The second-order valence-electron chi connectivity index (χ2n) is 3.48. The number of aromatic nitrogens is 1. The van der Waals surface area contributed by atoms with E-state index in [9.17, 15) is 8.78 Å². The number of rotatable bonds is 2. The lowest BCUT2D eigenvalue weighted by Gasteiger charge is -2.06. The van der Waals surface area contributed by atoms with E-state index in [1.807, 2.05) is 6.07 Å². The number of halogens is 2. The van der Waals surface area contributed by atoms with Gasteiger partial charge >= 0.3 is 0 Å². The predicted molar refractivity (Wildman–Crippen MR) is 58.9 cm³/mol. The first-order valence-electron chi connectivity index (χ1n) is 4.98. The van der Waals surface area contributed by atoms with E-state index in [1.165, 1.54) is 12.1 Å². The van der Waals surface area contributed by atoms with Crippen molar-refractivity contribution in [3.05, 3.63) is 53.7 Å². The van der Waals surface area contributed by atoms with Crippen molar-refractivity contribution in [3.8, 4) is 17.3 Å². The SMILES string of the molecule is N#CCc1cc(F)cnc1-c1ccccc1F. The first-order chi connectivity index (χ1) is 8.22. The molecular weight excluding hydrogens is 222 g/mol. The van der Waals surface area contributed by atoms with E-state index in [2.05, 4.69) is 4.98 Å². The molecule has 0 amide bonds. The zero-order chi connectivity index (χ0) is 12.3. The molecule has 0 aliphatic carbocycles. The van der Waals surface area contributed by atoms with Gasteiger partial charge in [0.05, 0.1) is 24.4 Å². The molecule has 0 saturated carbocycles. The van der Waals surface area contributed by atoms with Crippen molar-refractivity contribution >= 4 is 0 Å². The van der Waals surface area contributed by atoms with Crippen LogP contribution in [-0.4, -0.2) is 4.98 Å². The monoisotopic (exact) mass is 230 g/mol. The summed E-state index contributed by atoms with van der Waals surface area (Å²) in [5, 5.41) is 8.66. The van der Waals surface area contributed by atoms with Crippen molar-refractivity contribution in [2.24, 2.45) is 0 Å². The Morgan fingerprint density at radius 3 is 2.71 bits per heavy atom. The molecule has 17 heavy (non-hydrogen) atoms. The number of nitrogens with zero attached hydrogens (tertiary/aromatic N) is 2. The maximum atomic E-state index is 13.6. The fourth-order valence-electron chi connectivity index (χ4n) is 1.60. The fourth-order valence-corrected chi connectivity index (χ4v) is 1.60. The van der Waals surface area contributed by atoms with Crippen LogP contribution in [0.4, 0.5) is 8.78 Å². The van der Waals surface area contributed by atoms with Crippen LogP contribution in [0.2, 0.25) is 0 Å². The second-order valence-corrected chi connectivity index (χ2v) is 3.48. The molecule has 1 aromatic carbocycles. The maximum absolute atomic E-state index is 13.6. The average Bonchev–Trinajstić information content (AvgIpc) is 2.31. The Morgan fingerprint density at radius 2 is 2.00 bits per heavy atom. The van der Waals surface area contributed by atoms with Crippen LogP contribution in [-0.2, 0) is 6.42 Å². The molecule has 0 atom stereocenters. The van der Waals surface area contributed by atoms with Crippen LogP contribution in [0, 0.1) is 23.0 Å². The molecule has 0 radical (unpaired) electrons. The molecule has 84 valence electrons. The molecule has 4 heteroatoms. The molecule has 2 aromatic rings. The number of hydrogen-bond acceptors (Lipinski definition) is 2. The third-order valence-corrected chi connectivity index (χ3v) is 2.33. The highest BCUT2D eigenvalue weighted by Crippen LogP contribution is 2.24. The first kappa shape index (κ1) is 11.2. The molecule has 0 N–H and O–H groups in total. The minimum absolute atomic E-state index is 0.00553. The first-order valence-corrected chi connectivity index (χ1v) is 4.98. The van der Waals surface area contributed by atoms with E-state index in [0.29, 0.717) is 11.3 Å². The zero-order valence-electron chi connectivity index (χ0n) is 8.82. The standard InChI is InChI=1S/C13H8F2N2/c14-10-7-9(5-6-16)13(17-8-10)11-3-1-2-4-12(11)15/h1-4,7-8H,5H2. The molecular formula is C13H8F2N2. The van der Waals surface area contributed by atoms with Crippen LogP contribution in [0.5, 0.6) is 0 Å². The van der Waals surface area contributed by atoms with Gasteiger partial charge in [-0.2, -0.15) is 5.26 Å². The molecule has 0 unspecified atom stereocenters. The quantitative estimate of drug-likeness (QED) is 0.794. The Kier molecular flexibility index (Phi) is 3.10. The number of nitriles is 1. The van der Waals surface area contributed by atoms with Crippen LogP contribution in [0.3, 0.4) is 0 Å². The molecule has 1 heterocycles. The lowest BCUT2D eigenvalue weighted by molar-refractivity contribution is 0.617. The topological polar surface area (TPSA) is 36.7 Å². The van der Waals surface area contributed by atoms with Gasteiger partial charge in [-0.1, -0.05) is 12.1 Å². The molecule has 0 fully saturated rings. The van der Waals surface area contributed by atoms with Gasteiger partial charge in [0.15, 0.2) is 0 Å². The molecule has 2 rings (SSSR count). The minimum Gasteiger partial charge on any atom is -0.253 e. The zero-order valence-corrected chi connectivity index (χ0v) is 8.82.